The van der Waals surface area contributed by atoms with Crippen LogP contribution >= 0.6 is 0 Å². The molecule has 19 heavy (non-hydrogen) atoms. The van der Waals surface area contributed by atoms with Gasteiger partial charge in [0, 0.05) is 12.6 Å². The Kier molecular flexibility index (Phi) is 8.63. The molecule has 4 nitrogen and oxygen atoms in total. The molecule has 1 saturated carbocycles. The van der Waals surface area contributed by atoms with E-state index in [2.05, 4.69) is 29.5 Å². The van der Waals surface area contributed by atoms with Crippen molar-refractivity contribution >= 4 is 5.96 Å². The monoisotopic (exact) mass is 269 g/mol. The van der Waals surface area contributed by atoms with Crippen molar-refractivity contribution in [3.8, 4) is 0 Å². The predicted molar refractivity (Wildman–Crippen MR) is 81.5 cm³/mol. The summed E-state index contributed by atoms with van der Waals surface area (Å²) in [6.07, 6.45) is 9.65. The first-order valence-electron chi connectivity index (χ1n) is 7.92. The Bertz CT molecular complexity index is 250. The fraction of sp³-hybridized carbons (Fsp3) is 0.933. The maximum atomic E-state index is 8.83. The molecular weight excluding hydrogens is 238 g/mol. The predicted octanol–water partition coefficient (Wildman–Crippen LogP) is 2.28. The molecule has 0 aromatic rings. The number of guanidine groups is 1. The zero-order chi connectivity index (χ0) is 13.9. The van der Waals surface area contributed by atoms with Crippen LogP contribution in [0.3, 0.4) is 0 Å². The normalized spacial score (nSPS) is 19.2. The van der Waals surface area contributed by atoms with Crippen molar-refractivity contribution in [2.45, 2.75) is 64.8 Å². The molecule has 0 radical (unpaired) electrons. The van der Waals surface area contributed by atoms with Gasteiger partial charge in [0.15, 0.2) is 5.96 Å². The lowest BCUT2D eigenvalue weighted by Crippen LogP contribution is -2.42. The third-order valence-corrected chi connectivity index (χ3v) is 3.83. The molecule has 1 aliphatic carbocycles. The van der Waals surface area contributed by atoms with Gasteiger partial charge in [0.25, 0.3) is 0 Å². The highest BCUT2D eigenvalue weighted by atomic mass is 16.3. The highest BCUT2D eigenvalue weighted by Crippen LogP contribution is 2.27. The van der Waals surface area contributed by atoms with Gasteiger partial charge in [-0.3, -0.25) is 4.99 Å². The molecule has 1 unspecified atom stereocenters. The molecule has 112 valence electrons. The molecule has 4 heteroatoms. The third-order valence-electron chi connectivity index (χ3n) is 3.83. The molecule has 3 N–H and O–H groups in total. The Morgan fingerprint density at radius 3 is 2.68 bits per heavy atom. The lowest BCUT2D eigenvalue weighted by molar-refractivity contribution is 0.306. The molecule has 0 bridgehead atoms. The van der Waals surface area contributed by atoms with Crippen molar-refractivity contribution in [2.75, 3.05) is 19.7 Å². The van der Waals surface area contributed by atoms with Gasteiger partial charge >= 0.3 is 0 Å². The first kappa shape index (κ1) is 16.3. The van der Waals surface area contributed by atoms with Gasteiger partial charge in [-0.25, -0.2) is 0 Å². The average Bonchev–Trinajstić information content (AvgIpc) is 2.44. The van der Waals surface area contributed by atoms with Crippen LogP contribution in [0.2, 0.25) is 0 Å². The fourth-order valence-corrected chi connectivity index (χ4v) is 2.75. The van der Waals surface area contributed by atoms with Crippen LogP contribution in [-0.4, -0.2) is 36.8 Å². The van der Waals surface area contributed by atoms with Gasteiger partial charge in [-0.05, 0) is 32.6 Å². The molecule has 1 aliphatic rings. The van der Waals surface area contributed by atoms with Gasteiger partial charge in [0.1, 0.15) is 0 Å². The van der Waals surface area contributed by atoms with E-state index >= 15 is 0 Å². The van der Waals surface area contributed by atoms with E-state index in [4.69, 9.17) is 5.11 Å². The summed E-state index contributed by atoms with van der Waals surface area (Å²) in [6, 6.07) is 0.443. The lowest BCUT2D eigenvalue weighted by atomic mass is 9.85. The van der Waals surface area contributed by atoms with Crippen molar-refractivity contribution in [1.29, 1.82) is 0 Å². The smallest absolute Gasteiger partial charge is 0.191 e. The quantitative estimate of drug-likeness (QED) is 0.491. The summed E-state index contributed by atoms with van der Waals surface area (Å²) >= 11 is 0. The number of aliphatic hydroxyl groups excluding tert-OH is 1. The van der Waals surface area contributed by atoms with Crippen LogP contribution in [0.25, 0.3) is 0 Å². The molecule has 1 fully saturated rings. The number of nitrogens with one attached hydrogen (secondary N) is 2. The Morgan fingerprint density at radius 1 is 1.32 bits per heavy atom. The van der Waals surface area contributed by atoms with E-state index in [1.54, 1.807) is 0 Å². The third kappa shape index (κ3) is 7.41. The number of hydrogen-bond acceptors (Lipinski definition) is 2. The second kappa shape index (κ2) is 10.1. The minimum atomic E-state index is 0.104. The van der Waals surface area contributed by atoms with Gasteiger partial charge in [0.2, 0.25) is 0 Å². The van der Waals surface area contributed by atoms with E-state index in [1.807, 2.05) is 0 Å². The zero-order valence-corrected chi connectivity index (χ0v) is 12.6. The summed E-state index contributed by atoms with van der Waals surface area (Å²) in [7, 11) is 0. The van der Waals surface area contributed by atoms with E-state index in [0.717, 1.165) is 18.4 Å². The van der Waals surface area contributed by atoms with E-state index in [0.29, 0.717) is 12.6 Å². The van der Waals surface area contributed by atoms with Gasteiger partial charge in [-0.15, -0.1) is 0 Å². The lowest BCUT2D eigenvalue weighted by Gasteiger charge is -2.24. The van der Waals surface area contributed by atoms with E-state index < -0.39 is 0 Å². The second-order valence-corrected chi connectivity index (χ2v) is 5.61. The maximum Gasteiger partial charge on any atom is 0.191 e. The number of nitrogens with zero attached hydrogens (tertiary/aromatic N) is 1. The molecule has 0 aliphatic heterocycles. The first-order chi connectivity index (χ1) is 9.26. The molecule has 1 atom stereocenters. The Balaban J connectivity index is 2.24. The largest absolute Gasteiger partial charge is 0.394 e. The van der Waals surface area contributed by atoms with Crippen molar-refractivity contribution in [3.63, 3.8) is 0 Å². The second-order valence-electron chi connectivity index (χ2n) is 5.61. The van der Waals surface area contributed by atoms with Crippen LogP contribution in [0.5, 0.6) is 0 Å². The molecule has 0 spiro atoms. The van der Waals surface area contributed by atoms with Crippen molar-refractivity contribution in [3.05, 3.63) is 0 Å². The van der Waals surface area contributed by atoms with Crippen LogP contribution in [0, 0.1) is 5.92 Å². The van der Waals surface area contributed by atoms with Crippen molar-refractivity contribution in [1.82, 2.24) is 10.6 Å². The van der Waals surface area contributed by atoms with Crippen molar-refractivity contribution in [2.24, 2.45) is 10.9 Å². The summed E-state index contributed by atoms with van der Waals surface area (Å²) < 4.78 is 0. The molecule has 0 aromatic heterocycles. The summed E-state index contributed by atoms with van der Waals surface area (Å²) in [4.78, 5) is 4.31. The summed E-state index contributed by atoms with van der Waals surface area (Å²) in [6.45, 7) is 5.70. The van der Waals surface area contributed by atoms with Crippen LogP contribution in [0.15, 0.2) is 4.99 Å². The molecule has 0 aromatic carbocycles. The highest BCUT2D eigenvalue weighted by molar-refractivity contribution is 5.80. The Hall–Kier alpha value is -0.770. The molecule has 1 rings (SSSR count). The van der Waals surface area contributed by atoms with Crippen LogP contribution in [0.1, 0.15) is 58.8 Å². The Labute approximate surface area is 118 Å². The molecule has 0 saturated heterocycles. The standard InChI is InChI=1S/C15H31N3O/c1-3-16-15(17-11-12-19)18-13(2)9-10-14-7-5-4-6-8-14/h13-14,19H,3-12H2,1-2H3,(H2,16,17,18). The van der Waals surface area contributed by atoms with E-state index in [9.17, 15) is 0 Å². The zero-order valence-electron chi connectivity index (χ0n) is 12.6. The molecule has 0 amide bonds. The SMILES string of the molecule is CCNC(=NCCO)NC(C)CCC1CCCCC1. The van der Waals surface area contributed by atoms with E-state index in [-0.39, 0.29) is 6.61 Å². The summed E-state index contributed by atoms with van der Waals surface area (Å²) in [5.74, 6) is 1.77. The minimum Gasteiger partial charge on any atom is -0.394 e. The maximum absolute atomic E-state index is 8.83. The average molecular weight is 269 g/mol. The van der Waals surface area contributed by atoms with Gasteiger partial charge in [-0.2, -0.15) is 0 Å². The Morgan fingerprint density at radius 2 is 2.05 bits per heavy atom. The molecular formula is C15H31N3O. The summed E-state index contributed by atoms with van der Waals surface area (Å²) in [5, 5.41) is 15.5. The number of aliphatic hydroxyl groups is 1. The van der Waals surface area contributed by atoms with Gasteiger partial charge < -0.3 is 15.7 Å². The minimum absolute atomic E-state index is 0.104. The summed E-state index contributed by atoms with van der Waals surface area (Å²) in [5.41, 5.74) is 0. The van der Waals surface area contributed by atoms with Gasteiger partial charge in [-0.1, -0.05) is 32.1 Å². The first-order valence-corrected chi connectivity index (χ1v) is 7.92. The van der Waals surface area contributed by atoms with Crippen LogP contribution < -0.4 is 10.6 Å². The van der Waals surface area contributed by atoms with Crippen LogP contribution in [0.4, 0.5) is 0 Å². The fourth-order valence-electron chi connectivity index (χ4n) is 2.75. The number of aliphatic imine (C=N–C) groups is 1. The molecule has 0 heterocycles. The number of rotatable bonds is 7. The highest BCUT2D eigenvalue weighted by Gasteiger charge is 2.14. The number of hydrogen-bond donors (Lipinski definition) is 3. The van der Waals surface area contributed by atoms with Crippen molar-refractivity contribution < 1.29 is 5.11 Å². The van der Waals surface area contributed by atoms with E-state index in [1.165, 1.54) is 44.9 Å². The van der Waals surface area contributed by atoms with Crippen LogP contribution in [-0.2, 0) is 0 Å². The van der Waals surface area contributed by atoms with Gasteiger partial charge in [0.05, 0.1) is 13.2 Å². The topological polar surface area (TPSA) is 56.7 Å².